The number of hydrogen-bond acceptors (Lipinski definition) is 2. The van der Waals surface area contributed by atoms with E-state index in [1.54, 1.807) is 0 Å². The molecule has 0 radical (unpaired) electrons. The molecule has 3 unspecified atom stereocenters. The lowest BCUT2D eigenvalue weighted by Gasteiger charge is -2.39. The van der Waals surface area contributed by atoms with Gasteiger partial charge in [-0.15, -0.1) is 0 Å². The highest BCUT2D eigenvalue weighted by molar-refractivity contribution is 9.10. The van der Waals surface area contributed by atoms with Crippen LogP contribution in [0.5, 0.6) is 0 Å². The van der Waals surface area contributed by atoms with E-state index in [9.17, 15) is 0 Å². The highest BCUT2D eigenvalue weighted by Gasteiger charge is 2.28. The molecule has 1 aliphatic carbocycles. The molecule has 0 bridgehead atoms. The summed E-state index contributed by atoms with van der Waals surface area (Å²) < 4.78 is 1.18. The van der Waals surface area contributed by atoms with E-state index in [4.69, 9.17) is 5.73 Å². The Labute approximate surface area is 131 Å². The number of likely N-dealkylation sites (N-methyl/N-ethyl adjacent to an activating group) is 1. The molecule has 3 atom stereocenters. The zero-order chi connectivity index (χ0) is 14.7. The summed E-state index contributed by atoms with van der Waals surface area (Å²) in [6.45, 7) is 5.17. The lowest BCUT2D eigenvalue weighted by atomic mass is 9.85. The van der Waals surface area contributed by atoms with Gasteiger partial charge in [0.15, 0.2) is 0 Å². The van der Waals surface area contributed by atoms with E-state index in [1.165, 1.54) is 41.3 Å². The van der Waals surface area contributed by atoms with Crippen LogP contribution in [0.1, 0.15) is 49.8 Å². The molecule has 0 aromatic heterocycles. The minimum Gasteiger partial charge on any atom is -0.329 e. The third kappa shape index (κ3) is 3.63. The molecule has 0 heterocycles. The van der Waals surface area contributed by atoms with Gasteiger partial charge in [-0.1, -0.05) is 47.8 Å². The first-order valence-electron chi connectivity index (χ1n) is 7.71. The van der Waals surface area contributed by atoms with Crippen LogP contribution in [0.15, 0.2) is 22.7 Å². The van der Waals surface area contributed by atoms with Crippen molar-refractivity contribution in [1.82, 2.24) is 4.90 Å². The Bertz CT molecular complexity index is 447. The Morgan fingerprint density at radius 3 is 2.75 bits per heavy atom. The third-order valence-electron chi connectivity index (χ3n) is 4.71. The topological polar surface area (TPSA) is 29.3 Å². The maximum Gasteiger partial charge on any atom is 0.0481 e. The molecule has 2 N–H and O–H groups in total. The number of halogens is 1. The number of nitrogens with two attached hydrogens (primary N) is 1. The minimum absolute atomic E-state index is 0.306. The fourth-order valence-corrected chi connectivity index (χ4v) is 4.20. The standard InChI is InChI=1S/C17H27BrN2/c1-12-5-4-6-14(9-12)20(3)17(11-19)15-8-7-13(2)10-16(15)18/h7-8,10,12,14,17H,4-6,9,11,19H2,1-3H3. The molecular formula is C17H27BrN2. The van der Waals surface area contributed by atoms with Crippen LogP contribution in [0, 0.1) is 12.8 Å². The molecule has 0 saturated heterocycles. The summed E-state index contributed by atoms with van der Waals surface area (Å²) in [4.78, 5) is 2.51. The molecule has 2 rings (SSSR count). The van der Waals surface area contributed by atoms with Crippen LogP contribution in [0.2, 0.25) is 0 Å². The van der Waals surface area contributed by atoms with Gasteiger partial charge in [-0.2, -0.15) is 0 Å². The van der Waals surface area contributed by atoms with Gasteiger partial charge < -0.3 is 5.73 Å². The molecule has 0 spiro atoms. The minimum atomic E-state index is 0.306. The predicted octanol–water partition coefficient (Wildman–Crippen LogP) is 4.27. The molecule has 1 aromatic rings. The van der Waals surface area contributed by atoms with E-state index in [-0.39, 0.29) is 0 Å². The van der Waals surface area contributed by atoms with Crippen LogP contribution in [0.3, 0.4) is 0 Å². The first-order chi connectivity index (χ1) is 9.52. The highest BCUT2D eigenvalue weighted by atomic mass is 79.9. The number of nitrogens with zero attached hydrogens (tertiary/aromatic N) is 1. The average Bonchev–Trinajstić information content (AvgIpc) is 2.41. The second-order valence-corrected chi connectivity index (χ2v) is 7.22. The molecule has 112 valence electrons. The van der Waals surface area contributed by atoms with E-state index in [2.05, 4.69) is 59.9 Å². The predicted molar refractivity (Wildman–Crippen MR) is 89.9 cm³/mol. The molecule has 0 amide bonds. The summed E-state index contributed by atoms with van der Waals surface area (Å²) in [6.07, 6.45) is 5.34. The Balaban J connectivity index is 2.18. The van der Waals surface area contributed by atoms with Gasteiger partial charge in [-0.3, -0.25) is 4.90 Å². The molecular weight excluding hydrogens is 312 g/mol. The smallest absolute Gasteiger partial charge is 0.0481 e. The molecule has 3 heteroatoms. The first kappa shape index (κ1) is 16.0. The molecule has 2 nitrogen and oxygen atoms in total. The van der Waals surface area contributed by atoms with E-state index in [0.717, 1.165) is 5.92 Å². The van der Waals surface area contributed by atoms with Crippen molar-refractivity contribution in [1.29, 1.82) is 0 Å². The van der Waals surface area contributed by atoms with Gasteiger partial charge >= 0.3 is 0 Å². The Morgan fingerprint density at radius 1 is 1.40 bits per heavy atom. The normalized spacial score (nSPS) is 24.9. The van der Waals surface area contributed by atoms with Gasteiger partial charge in [0.25, 0.3) is 0 Å². The first-order valence-corrected chi connectivity index (χ1v) is 8.50. The fraction of sp³-hybridized carbons (Fsp3) is 0.647. The summed E-state index contributed by atoms with van der Waals surface area (Å²) in [6, 6.07) is 7.57. The van der Waals surface area contributed by atoms with Crippen molar-refractivity contribution in [2.45, 2.75) is 51.6 Å². The molecule has 0 aliphatic heterocycles. The van der Waals surface area contributed by atoms with Crippen molar-refractivity contribution in [2.75, 3.05) is 13.6 Å². The van der Waals surface area contributed by atoms with Crippen molar-refractivity contribution in [3.05, 3.63) is 33.8 Å². The summed E-state index contributed by atoms with van der Waals surface area (Å²) in [5, 5.41) is 0. The Hall–Kier alpha value is -0.380. The van der Waals surface area contributed by atoms with Crippen LogP contribution < -0.4 is 5.73 Å². The number of aryl methyl sites for hydroxylation is 1. The van der Waals surface area contributed by atoms with Crippen molar-refractivity contribution in [3.63, 3.8) is 0 Å². The molecule has 1 aromatic carbocycles. The summed E-state index contributed by atoms with van der Waals surface area (Å²) >= 11 is 3.71. The van der Waals surface area contributed by atoms with Crippen LogP contribution in [-0.4, -0.2) is 24.5 Å². The Morgan fingerprint density at radius 2 is 2.15 bits per heavy atom. The Kier molecular flexibility index (Phi) is 5.65. The van der Waals surface area contributed by atoms with Gasteiger partial charge in [0.2, 0.25) is 0 Å². The van der Waals surface area contributed by atoms with Gasteiger partial charge in [0.1, 0.15) is 0 Å². The van der Waals surface area contributed by atoms with E-state index in [1.807, 2.05) is 0 Å². The number of hydrogen-bond donors (Lipinski definition) is 1. The van der Waals surface area contributed by atoms with Crippen molar-refractivity contribution < 1.29 is 0 Å². The highest BCUT2D eigenvalue weighted by Crippen LogP contribution is 2.33. The molecule has 1 fully saturated rings. The van der Waals surface area contributed by atoms with E-state index < -0.39 is 0 Å². The monoisotopic (exact) mass is 338 g/mol. The molecule has 20 heavy (non-hydrogen) atoms. The van der Waals surface area contributed by atoms with Crippen molar-refractivity contribution >= 4 is 15.9 Å². The van der Waals surface area contributed by atoms with E-state index in [0.29, 0.717) is 18.6 Å². The van der Waals surface area contributed by atoms with Crippen molar-refractivity contribution in [3.8, 4) is 0 Å². The van der Waals surface area contributed by atoms with Crippen LogP contribution >= 0.6 is 15.9 Å². The summed E-state index contributed by atoms with van der Waals surface area (Å²) in [7, 11) is 2.24. The second kappa shape index (κ2) is 7.06. The lowest BCUT2D eigenvalue weighted by Crippen LogP contribution is -2.41. The lowest BCUT2D eigenvalue weighted by molar-refractivity contribution is 0.121. The number of rotatable bonds is 4. The van der Waals surface area contributed by atoms with E-state index >= 15 is 0 Å². The van der Waals surface area contributed by atoms with Crippen LogP contribution in [0.25, 0.3) is 0 Å². The van der Waals surface area contributed by atoms with Crippen LogP contribution in [-0.2, 0) is 0 Å². The quantitative estimate of drug-likeness (QED) is 0.888. The molecule has 1 aliphatic rings. The van der Waals surface area contributed by atoms with Gasteiger partial charge in [0, 0.05) is 23.1 Å². The summed E-state index contributed by atoms with van der Waals surface area (Å²) in [5.74, 6) is 0.844. The zero-order valence-electron chi connectivity index (χ0n) is 12.9. The maximum absolute atomic E-state index is 6.09. The van der Waals surface area contributed by atoms with Gasteiger partial charge in [-0.05, 0) is 49.9 Å². The van der Waals surface area contributed by atoms with Gasteiger partial charge in [-0.25, -0.2) is 0 Å². The summed E-state index contributed by atoms with van der Waals surface area (Å²) in [5.41, 5.74) is 8.69. The average molecular weight is 339 g/mol. The zero-order valence-corrected chi connectivity index (χ0v) is 14.5. The largest absolute Gasteiger partial charge is 0.329 e. The second-order valence-electron chi connectivity index (χ2n) is 6.37. The van der Waals surface area contributed by atoms with Gasteiger partial charge in [0.05, 0.1) is 0 Å². The SMILES string of the molecule is Cc1ccc(C(CN)N(C)C2CCCC(C)C2)c(Br)c1. The molecule has 1 saturated carbocycles. The maximum atomic E-state index is 6.09. The third-order valence-corrected chi connectivity index (χ3v) is 5.40. The number of benzene rings is 1. The fourth-order valence-electron chi connectivity index (χ4n) is 3.44. The van der Waals surface area contributed by atoms with Crippen molar-refractivity contribution in [2.24, 2.45) is 11.7 Å². The van der Waals surface area contributed by atoms with Crippen LogP contribution in [0.4, 0.5) is 0 Å².